The molecule has 0 aliphatic rings. The number of carbonyl (C=O) groups is 1. The van der Waals surface area contributed by atoms with Gasteiger partial charge in [0.2, 0.25) is 0 Å². The van der Waals surface area contributed by atoms with Gasteiger partial charge in [0.05, 0.1) is 5.41 Å². The highest BCUT2D eigenvalue weighted by Gasteiger charge is 2.29. The Morgan fingerprint density at radius 2 is 1.12 bits per heavy atom. The van der Waals surface area contributed by atoms with Crippen molar-refractivity contribution in [3.05, 3.63) is 90.5 Å². The second-order valence-electron chi connectivity index (χ2n) is 6.48. The van der Waals surface area contributed by atoms with E-state index < -0.39 is 19.3 Å². The first kappa shape index (κ1) is 17.4. The van der Waals surface area contributed by atoms with Crippen LogP contribution in [0.4, 0.5) is 0 Å². The van der Waals surface area contributed by atoms with Crippen molar-refractivity contribution < 1.29 is 9.90 Å². The first-order valence-electron chi connectivity index (χ1n) is 8.24. The van der Waals surface area contributed by atoms with Gasteiger partial charge in [0.1, 0.15) is 0 Å². The Labute approximate surface area is 149 Å². The Hall–Kier alpha value is -2.44. The minimum atomic E-state index is -0.888. The maximum Gasteiger partial charge on any atom is 0.313 e. The van der Waals surface area contributed by atoms with E-state index in [1.54, 1.807) is 13.8 Å². The van der Waals surface area contributed by atoms with E-state index in [1.165, 1.54) is 15.9 Å². The average molecular weight is 348 g/mol. The normalized spacial score (nSPS) is 11.5. The van der Waals surface area contributed by atoms with Gasteiger partial charge in [-0.15, -0.1) is 0 Å². The summed E-state index contributed by atoms with van der Waals surface area (Å²) in [6, 6.07) is 29.0. The molecule has 0 fully saturated rings. The Morgan fingerprint density at radius 1 is 0.720 bits per heavy atom. The third-order valence-electron chi connectivity index (χ3n) is 4.41. The number of hydrogen-bond acceptors (Lipinski definition) is 1. The summed E-state index contributed by atoms with van der Waals surface area (Å²) in [6.07, 6.45) is 0. The molecular weight excluding hydrogens is 327 g/mol. The molecule has 0 heterocycles. The molecule has 0 spiro atoms. The van der Waals surface area contributed by atoms with Crippen molar-refractivity contribution in [3.8, 4) is 0 Å². The highest BCUT2D eigenvalue weighted by Crippen LogP contribution is 2.33. The highest BCUT2D eigenvalue weighted by atomic mass is 31.1. The number of hydrogen-bond donors (Lipinski definition) is 1. The topological polar surface area (TPSA) is 37.3 Å². The minimum Gasteiger partial charge on any atom is -0.481 e. The van der Waals surface area contributed by atoms with Crippen LogP contribution in [-0.4, -0.2) is 11.1 Å². The van der Waals surface area contributed by atoms with E-state index in [4.69, 9.17) is 0 Å². The van der Waals surface area contributed by atoms with E-state index in [0.29, 0.717) is 0 Å². The Bertz CT molecular complexity index is 801. The number of rotatable bonds is 5. The van der Waals surface area contributed by atoms with E-state index in [2.05, 4.69) is 60.7 Å². The predicted molar refractivity (Wildman–Crippen MR) is 106 cm³/mol. The van der Waals surface area contributed by atoms with Crippen LogP contribution in [0.15, 0.2) is 84.9 Å². The molecule has 126 valence electrons. The van der Waals surface area contributed by atoms with Crippen molar-refractivity contribution in [2.24, 2.45) is 0 Å². The lowest BCUT2D eigenvalue weighted by Gasteiger charge is -2.22. The maximum atomic E-state index is 11.5. The Kier molecular flexibility index (Phi) is 5.01. The molecular formula is C22H21O2P. The van der Waals surface area contributed by atoms with Gasteiger partial charge in [-0.2, -0.15) is 0 Å². The van der Waals surface area contributed by atoms with Crippen molar-refractivity contribution in [3.63, 3.8) is 0 Å². The van der Waals surface area contributed by atoms with E-state index in [-0.39, 0.29) is 0 Å². The summed E-state index contributed by atoms with van der Waals surface area (Å²) in [4.78, 5) is 11.5. The molecule has 0 aliphatic carbocycles. The molecule has 0 saturated carbocycles. The molecule has 0 radical (unpaired) electrons. The fourth-order valence-corrected chi connectivity index (χ4v) is 5.03. The zero-order valence-electron chi connectivity index (χ0n) is 14.4. The first-order valence-corrected chi connectivity index (χ1v) is 9.58. The molecule has 0 unspecified atom stereocenters. The lowest BCUT2D eigenvalue weighted by molar-refractivity contribution is -0.142. The molecule has 3 rings (SSSR count). The van der Waals surface area contributed by atoms with Crippen LogP contribution in [0.2, 0.25) is 0 Å². The highest BCUT2D eigenvalue weighted by molar-refractivity contribution is 7.79. The molecule has 1 N–H and O–H groups in total. The van der Waals surface area contributed by atoms with Gasteiger partial charge in [0.25, 0.3) is 0 Å². The quantitative estimate of drug-likeness (QED) is 0.712. The number of carboxylic acids is 1. The summed E-state index contributed by atoms with van der Waals surface area (Å²) >= 11 is 0. The Morgan fingerprint density at radius 3 is 1.52 bits per heavy atom. The van der Waals surface area contributed by atoms with Crippen LogP contribution in [0.25, 0.3) is 0 Å². The maximum absolute atomic E-state index is 11.5. The average Bonchev–Trinajstić information content (AvgIpc) is 2.64. The van der Waals surface area contributed by atoms with Crippen molar-refractivity contribution in [2.45, 2.75) is 19.3 Å². The van der Waals surface area contributed by atoms with Crippen LogP contribution in [-0.2, 0) is 10.2 Å². The van der Waals surface area contributed by atoms with Gasteiger partial charge in [-0.05, 0) is 43.2 Å². The standard InChI is InChI=1S/C22H21O2P/c1-22(2,21(23)24)17-13-15-20(16-14-17)25(18-9-5-3-6-10-18)19-11-7-4-8-12-19/h3-16H,1-2H3,(H,23,24). The first-order chi connectivity index (χ1) is 12.0. The SMILES string of the molecule is CC(C)(C(=O)O)c1ccc(P(c2ccccc2)c2ccccc2)cc1. The number of benzene rings is 3. The summed E-state index contributed by atoms with van der Waals surface area (Å²) in [5.41, 5.74) is -0.0688. The molecule has 2 nitrogen and oxygen atoms in total. The van der Waals surface area contributed by atoms with E-state index >= 15 is 0 Å². The molecule has 0 aliphatic heterocycles. The fraction of sp³-hybridized carbons (Fsp3) is 0.136. The van der Waals surface area contributed by atoms with Crippen molar-refractivity contribution in [2.75, 3.05) is 0 Å². The smallest absolute Gasteiger partial charge is 0.313 e. The lowest BCUT2D eigenvalue weighted by Crippen LogP contribution is -2.29. The lowest BCUT2D eigenvalue weighted by atomic mass is 9.85. The molecule has 0 amide bonds. The third kappa shape index (κ3) is 3.65. The van der Waals surface area contributed by atoms with Gasteiger partial charge in [0.15, 0.2) is 0 Å². The number of carboxylic acid groups (broad SMARTS) is 1. The second kappa shape index (κ2) is 7.21. The van der Waals surface area contributed by atoms with Gasteiger partial charge < -0.3 is 5.11 Å². The van der Waals surface area contributed by atoms with Crippen molar-refractivity contribution in [1.29, 1.82) is 0 Å². The van der Waals surface area contributed by atoms with Crippen LogP contribution in [0.5, 0.6) is 0 Å². The second-order valence-corrected chi connectivity index (χ2v) is 8.70. The predicted octanol–water partition coefficient (Wildman–Crippen LogP) is 3.81. The van der Waals surface area contributed by atoms with Crippen molar-refractivity contribution >= 4 is 29.8 Å². The van der Waals surface area contributed by atoms with Crippen molar-refractivity contribution in [1.82, 2.24) is 0 Å². The van der Waals surface area contributed by atoms with Crippen LogP contribution in [0.1, 0.15) is 19.4 Å². The molecule has 0 atom stereocenters. The van der Waals surface area contributed by atoms with Gasteiger partial charge >= 0.3 is 5.97 Å². The van der Waals surface area contributed by atoms with Gasteiger partial charge in [0, 0.05) is 0 Å². The largest absolute Gasteiger partial charge is 0.481 e. The van der Waals surface area contributed by atoms with E-state index in [9.17, 15) is 9.90 Å². The summed E-state index contributed by atoms with van der Waals surface area (Å²) in [7, 11) is -0.657. The summed E-state index contributed by atoms with van der Waals surface area (Å²) < 4.78 is 0. The van der Waals surface area contributed by atoms with Crippen LogP contribution < -0.4 is 15.9 Å². The minimum absolute atomic E-state index is 0.657. The number of aliphatic carboxylic acids is 1. The molecule has 0 bridgehead atoms. The van der Waals surface area contributed by atoms with Gasteiger partial charge in [-0.3, -0.25) is 4.79 Å². The monoisotopic (exact) mass is 348 g/mol. The van der Waals surface area contributed by atoms with Gasteiger partial charge in [-0.25, -0.2) is 0 Å². The molecule has 3 aromatic carbocycles. The summed E-state index contributed by atoms with van der Waals surface area (Å²) in [5, 5.41) is 13.2. The third-order valence-corrected chi connectivity index (χ3v) is 6.85. The van der Waals surface area contributed by atoms with Crippen LogP contribution in [0.3, 0.4) is 0 Å². The van der Waals surface area contributed by atoms with Crippen LogP contribution >= 0.6 is 7.92 Å². The van der Waals surface area contributed by atoms with Gasteiger partial charge in [-0.1, -0.05) is 84.9 Å². The molecule has 25 heavy (non-hydrogen) atoms. The fourth-order valence-electron chi connectivity index (χ4n) is 2.75. The molecule has 3 heteroatoms. The zero-order chi connectivity index (χ0) is 17.9. The zero-order valence-corrected chi connectivity index (χ0v) is 15.3. The molecule has 0 saturated heterocycles. The molecule has 3 aromatic rings. The van der Waals surface area contributed by atoms with Crippen LogP contribution in [0, 0.1) is 0 Å². The van der Waals surface area contributed by atoms with E-state index in [1.807, 2.05) is 24.3 Å². The molecule has 0 aromatic heterocycles. The Balaban J connectivity index is 2.05. The summed E-state index contributed by atoms with van der Waals surface area (Å²) in [5.74, 6) is -0.811. The van der Waals surface area contributed by atoms with E-state index in [0.717, 1.165) is 5.56 Å². The summed E-state index contributed by atoms with van der Waals surface area (Å²) in [6.45, 7) is 3.48.